The monoisotopic (exact) mass is 341 g/mol. The molecule has 0 unspecified atom stereocenters. The summed E-state index contributed by atoms with van der Waals surface area (Å²) >= 11 is 0. The van der Waals surface area contributed by atoms with Crippen LogP contribution < -0.4 is 14.7 Å². The summed E-state index contributed by atoms with van der Waals surface area (Å²) in [4.78, 5) is 18.8. The molecule has 1 amide bonds. The third kappa shape index (κ3) is 3.45. The van der Waals surface area contributed by atoms with Crippen LogP contribution in [0.4, 0.5) is 21.5 Å². The molecule has 3 rings (SSSR count). The van der Waals surface area contributed by atoms with E-state index in [2.05, 4.69) is 11.8 Å². The van der Waals surface area contributed by atoms with Gasteiger partial charge in [0, 0.05) is 45.0 Å². The summed E-state index contributed by atoms with van der Waals surface area (Å²) in [6.45, 7) is 4.39. The highest BCUT2D eigenvalue weighted by Gasteiger charge is 2.26. The normalized spacial score (nSPS) is 13.6. The van der Waals surface area contributed by atoms with Gasteiger partial charge in [0.1, 0.15) is 5.82 Å². The molecule has 2 aromatic carbocycles. The van der Waals surface area contributed by atoms with E-state index >= 15 is 0 Å². The van der Waals surface area contributed by atoms with Crippen LogP contribution in [0.5, 0.6) is 0 Å². The maximum atomic E-state index is 13.6. The van der Waals surface area contributed by atoms with Gasteiger partial charge in [0.15, 0.2) is 0 Å². The second-order valence-electron chi connectivity index (χ2n) is 6.48. The van der Waals surface area contributed by atoms with E-state index in [0.29, 0.717) is 18.7 Å². The smallest absolute Gasteiger partial charge is 0.258 e. The Kier molecular flexibility index (Phi) is 4.93. The summed E-state index contributed by atoms with van der Waals surface area (Å²) in [5.74, 6) is -0.339. The Labute approximate surface area is 148 Å². The lowest BCUT2D eigenvalue weighted by Crippen LogP contribution is -2.42. The summed E-state index contributed by atoms with van der Waals surface area (Å²) in [5.41, 5.74) is 3.25. The average Bonchev–Trinajstić information content (AvgIpc) is 2.62. The van der Waals surface area contributed by atoms with Gasteiger partial charge in [-0.3, -0.25) is 4.79 Å². The highest BCUT2D eigenvalue weighted by molar-refractivity contribution is 6.08. The summed E-state index contributed by atoms with van der Waals surface area (Å²) in [6, 6.07) is 12.3. The van der Waals surface area contributed by atoms with Gasteiger partial charge in [-0.15, -0.1) is 0 Å². The van der Waals surface area contributed by atoms with Gasteiger partial charge in [-0.25, -0.2) is 4.39 Å². The second kappa shape index (κ2) is 7.13. The molecule has 1 aliphatic heterocycles. The van der Waals surface area contributed by atoms with Gasteiger partial charge in [-0.1, -0.05) is 6.92 Å². The lowest BCUT2D eigenvalue weighted by molar-refractivity contribution is 0.0986. The Balaban J connectivity index is 1.85. The number of hydrogen-bond donors (Lipinski definition) is 0. The van der Waals surface area contributed by atoms with Crippen LogP contribution in [-0.2, 0) is 0 Å². The number of rotatable bonds is 4. The minimum absolute atomic E-state index is 0.0503. The molecule has 0 fully saturated rings. The predicted molar refractivity (Wildman–Crippen MR) is 101 cm³/mol. The second-order valence-corrected chi connectivity index (χ2v) is 6.48. The van der Waals surface area contributed by atoms with Crippen molar-refractivity contribution in [1.29, 1.82) is 0 Å². The maximum Gasteiger partial charge on any atom is 0.258 e. The number of hydrogen-bond acceptors (Lipinski definition) is 3. The van der Waals surface area contributed by atoms with Crippen LogP contribution in [0.15, 0.2) is 42.5 Å². The molecule has 0 bridgehead atoms. The molecule has 132 valence electrons. The zero-order valence-corrected chi connectivity index (χ0v) is 15.0. The van der Waals surface area contributed by atoms with E-state index in [0.717, 1.165) is 30.0 Å². The average molecular weight is 341 g/mol. The quantitative estimate of drug-likeness (QED) is 0.847. The van der Waals surface area contributed by atoms with Crippen molar-refractivity contribution in [2.24, 2.45) is 0 Å². The van der Waals surface area contributed by atoms with E-state index in [1.807, 2.05) is 43.3 Å². The van der Waals surface area contributed by atoms with E-state index < -0.39 is 0 Å². The highest BCUT2D eigenvalue weighted by atomic mass is 19.1. The molecule has 0 saturated heterocycles. The van der Waals surface area contributed by atoms with Crippen molar-refractivity contribution in [2.45, 2.75) is 13.3 Å². The Morgan fingerprint density at radius 2 is 1.84 bits per heavy atom. The molecule has 5 heteroatoms. The summed E-state index contributed by atoms with van der Waals surface area (Å²) in [7, 11) is 3.96. The number of benzene rings is 2. The highest BCUT2D eigenvalue weighted by Crippen LogP contribution is 2.33. The summed E-state index contributed by atoms with van der Waals surface area (Å²) < 4.78 is 13.6. The Morgan fingerprint density at radius 1 is 1.12 bits per heavy atom. The number of fused-ring (bicyclic) bond motifs is 1. The van der Waals surface area contributed by atoms with Crippen molar-refractivity contribution in [1.82, 2.24) is 0 Å². The summed E-state index contributed by atoms with van der Waals surface area (Å²) in [5, 5.41) is 0. The topological polar surface area (TPSA) is 26.8 Å². The van der Waals surface area contributed by atoms with Crippen molar-refractivity contribution in [3.05, 3.63) is 53.8 Å². The van der Waals surface area contributed by atoms with E-state index in [-0.39, 0.29) is 11.7 Å². The maximum absolute atomic E-state index is 13.6. The first-order valence-electron chi connectivity index (χ1n) is 8.65. The molecule has 0 spiro atoms. The zero-order chi connectivity index (χ0) is 18.0. The van der Waals surface area contributed by atoms with Crippen molar-refractivity contribution in [3.8, 4) is 0 Å². The van der Waals surface area contributed by atoms with Crippen molar-refractivity contribution in [2.75, 3.05) is 48.4 Å². The number of amides is 1. The zero-order valence-electron chi connectivity index (χ0n) is 15.0. The van der Waals surface area contributed by atoms with E-state index in [1.54, 1.807) is 11.0 Å². The van der Waals surface area contributed by atoms with Gasteiger partial charge in [-0.2, -0.15) is 0 Å². The Bertz CT molecular complexity index is 760. The number of carbonyl (C=O) groups is 1. The molecule has 4 nitrogen and oxygen atoms in total. The van der Waals surface area contributed by atoms with Gasteiger partial charge < -0.3 is 14.7 Å². The van der Waals surface area contributed by atoms with Crippen LogP contribution >= 0.6 is 0 Å². The molecule has 1 heterocycles. The fraction of sp³-hybridized carbons (Fsp3) is 0.350. The van der Waals surface area contributed by atoms with Gasteiger partial charge in [0.25, 0.3) is 5.91 Å². The van der Waals surface area contributed by atoms with E-state index in [9.17, 15) is 9.18 Å². The van der Waals surface area contributed by atoms with E-state index in [4.69, 9.17) is 0 Å². The van der Waals surface area contributed by atoms with E-state index in [1.165, 1.54) is 12.1 Å². The molecule has 2 aromatic rings. The van der Waals surface area contributed by atoms with Crippen LogP contribution in [0.1, 0.15) is 23.7 Å². The molecule has 0 N–H and O–H groups in total. The fourth-order valence-corrected chi connectivity index (χ4v) is 3.21. The lowest BCUT2D eigenvalue weighted by Gasteiger charge is -2.35. The first-order chi connectivity index (χ1) is 12.0. The van der Waals surface area contributed by atoms with Crippen LogP contribution in [-0.4, -0.2) is 39.6 Å². The molecule has 1 aliphatic rings. The Morgan fingerprint density at radius 3 is 2.52 bits per heavy atom. The molecular weight excluding hydrogens is 317 g/mol. The molecule has 0 saturated carbocycles. The SMILES string of the molecule is CCCN(C)c1ccc(C(=O)N2CCN(C)c3cc(F)ccc32)cc1. The number of nitrogens with zero attached hydrogens (tertiary/aromatic N) is 3. The van der Waals surface area contributed by atoms with Gasteiger partial charge in [0.2, 0.25) is 0 Å². The van der Waals surface area contributed by atoms with Gasteiger partial charge in [0.05, 0.1) is 11.4 Å². The molecule has 0 radical (unpaired) electrons. The molecule has 0 atom stereocenters. The Hall–Kier alpha value is -2.56. The third-order valence-electron chi connectivity index (χ3n) is 4.66. The minimum Gasteiger partial charge on any atom is -0.375 e. The van der Waals surface area contributed by atoms with Crippen LogP contribution in [0.3, 0.4) is 0 Å². The largest absolute Gasteiger partial charge is 0.375 e. The molecular formula is C20H24FN3O. The standard InChI is InChI=1S/C20H24FN3O/c1-4-11-22(2)17-8-5-15(6-9-17)20(25)24-13-12-23(3)19-14-16(21)7-10-18(19)24/h5-10,14H,4,11-13H2,1-3H3. The molecule has 25 heavy (non-hydrogen) atoms. The first-order valence-corrected chi connectivity index (χ1v) is 8.65. The van der Waals surface area contributed by atoms with Crippen LogP contribution in [0.2, 0.25) is 0 Å². The van der Waals surface area contributed by atoms with Crippen molar-refractivity contribution < 1.29 is 9.18 Å². The summed E-state index contributed by atoms with van der Waals surface area (Å²) in [6.07, 6.45) is 1.08. The fourth-order valence-electron chi connectivity index (χ4n) is 3.21. The van der Waals surface area contributed by atoms with Crippen LogP contribution in [0.25, 0.3) is 0 Å². The molecule has 0 aromatic heterocycles. The minimum atomic E-state index is -0.289. The van der Waals surface area contributed by atoms with Crippen molar-refractivity contribution in [3.63, 3.8) is 0 Å². The van der Waals surface area contributed by atoms with Crippen molar-refractivity contribution >= 4 is 23.0 Å². The molecule has 0 aliphatic carbocycles. The number of anilines is 3. The van der Waals surface area contributed by atoms with Gasteiger partial charge >= 0.3 is 0 Å². The lowest BCUT2D eigenvalue weighted by atomic mass is 10.1. The number of halogens is 1. The first kappa shape index (κ1) is 17.3. The predicted octanol–water partition coefficient (Wildman–Crippen LogP) is 3.77. The van der Waals surface area contributed by atoms with Crippen LogP contribution in [0, 0.1) is 5.82 Å². The third-order valence-corrected chi connectivity index (χ3v) is 4.66. The number of likely N-dealkylation sites (N-methyl/N-ethyl adjacent to an activating group) is 1. The van der Waals surface area contributed by atoms with Gasteiger partial charge in [-0.05, 0) is 48.9 Å². The number of carbonyl (C=O) groups excluding carboxylic acids is 1.